The fourth-order valence-electron chi connectivity index (χ4n) is 2.90. The number of carbonyl (C=O) groups excluding carboxylic acids is 1. The Kier molecular flexibility index (Phi) is 4.01. The molecule has 0 N–H and O–H groups in total. The Morgan fingerprint density at radius 1 is 1.48 bits per heavy atom. The maximum atomic E-state index is 12.8. The molecule has 3 heterocycles. The molecule has 2 saturated heterocycles. The van der Waals surface area contributed by atoms with Crippen LogP contribution in [0.2, 0.25) is 0 Å². The standard InChI is InChI=1S/C15H23N3O2S/c1-15(2,3)18-9-11(8-16-18)14(19)17-5-7-21-13-10-20-6-4-12(13)17/h8-9,12-13H,4-7,10H2,1-3H3. The number of rotatable bonds is 1. The van der Waals surface area contributed by atoms with Gasteiger partial charge in [-0.1, -0.05) is 0 Å². The molecule has 6 heteroatoms. The van der Waals surface area contributed by atoms with Crippen molar-refractivity contribution in [3.63, 3.8) is 0 Å². The quantitative estimate of drug-likeness (QED) is 0.796. The molecular formula is C15H23N3O2S. The van der Waals surface area contributed by atoms with E-state index in [4.69, 9.17) is 4.74 Å². The predicted molar refractivity (Wildman–Crippen MR) is 83.7 cm³/mol. The first-order valence-corrected chi connectivity index (χ1v) is 8.57. The van der Waals surface area contributed by atoms with Gasteiger partial charge in [-0.2, -0.15) is 16.9 Å². The van der Waals surface area contributed by atoms with Crippen LogP contribution in [0.4, 0.5) is 0 Å². The highest BCUT2D eigenvalue weighted by Gasteiger charge is 2.37. The van der Waals surface area contributed by atoms with Gasteiger partial charge in [0.1, 0.15) is 0 Å². The van der Waals surface area contributed by atoms with E-state index in [9.17, 15) is 4.79 Å². The van der Waals surface area contributed by atoms with E-state index in [-0.39, 0.29) is 11.4 Å². The molecule has 0 spiro atoms. The average Bonchev–Trinajstić information content (AvgIpc) is 2.96. The number of fused-ring (bicyclic) bond motifs is 1. The van der Waals surface area contributed by atoms with E-state index in [0.29, 0.717) is 16.9 Å². The van der Waals surface area contributed by atoms with Crippen LogP contribution in [0.25, 0.3) is 0 Å². The first-order valence-electron chi connectivity index (χ1n) is 7.52. The summed E-state index contributed by atoms with van der Waals surface area (Å²) >= 11 is 1.93. The Labute approximate surface area is 130 Å². The number of hydrogen-bond donors (Lipinski definition) is 0. The van der Waals surface area contributed by atoms with Gasteiger partial charge in [0.15, 0.2) is 0 Å². The summed E-state index contributed by atoms with van der Waals surface area (Å²) in [5.74, 6) is 1.10. The van der Waals surface area contributed by atoms with E-state index in [2.05, 4.69) is 25.9 Å². The van der Waals surface area contributed by atoms with Crippen molar-refractivity contribution in [1.29, 1.82) is 0 Å². The first-order chi connectivity index (χ1) is 9.97. The highest BCUT2D eigenvalue weighted by Crippen LogP contribution is 2.31. The molecule has 1 aromatic rings. The molecule has 0 aliphatic carbocycles. The lowest BCUT2D eigenvalue weighted by Gasteiger charge is -2.43. The summed E-state index contributed by atoms with van der Waals surface area (Å²) in [7, 11) is 0. The molecular weight excluding hydrogens is 286 g/mol. The van der Waals surface area contributed by atoms with Crippen molar-refractivity contribution >= 4 is 17.7 Å². The second-order valence-corrected chi connectivity index (χ2v) is 8.03. The molecule has 2 atom stereocenters. The lowest BCUT2D eigenvalue weighted by atomic mass is 10.1. The number of aromatic nitrogens is 2. The molecule has 0 bridgehead atoms. The van der Waals surface area contributed by atoms with Crippen LogP contribution in [0, 0.1) is 0 Å². The SMILES string of the molecule is CC(C)(C)n1cc(C(=O)N2CCSC3COCCC32)cn1. The monoisotopic (exact) mass is 309 g/mol. The summed E-state index contributed by atoms with van der Waals surface area (Å²) in [4.78, 5) is 14.9. The molecule has 21 heavy (non-hydrogen) atoms. The smallest absolute Gasteiger partial charge is 0.257 e. The van der Waals surface area contributed by atoms with Crippen LogP contribution in [-0.2, 0) is 10.3 Å². The maximum absolute atomic E-state index is 12.8. The van der Waals surface area contributed by atoms with Crippen molar-refractivity contribution in [3.8, 4) is 0 Å². The summed E-state index contributed by atoms with van der Waals surface area (Å²) in [6.07, 6.45) is 4.51. The van der Waals surface area contributed by atoms with Gasteiger partial charge in [-0.05, 0) is 27.2 Å². The summed E-state index contributed by atoms with van der Waals surface area (Å²) in [6, 6.07) is 0.308. The lowest BCUT2D eigenvalue weighted by molar-refractivity contribution is 0.0319. The molecule has 2 aliphatic rings. The molecule has 1 amide bonds. The van der Waals surface area contributed by atoms with Crippen LogP contribution in [0.5, 0.6) is 0 Å². The van der Waals surface area contributed by atoms with Crippen molar-refractivity contribution in [2.45, 2.75) is 44.0 Å². The molecule has 0 aromatic carbocycles. The van der Waals surface area contributed by atoms with E-state index < -0.39 is 0 Å². The summed E-state index contributed by atoms with van der Waals surface area (Å²) in [6.45, 7) is 8.60. The van der Waals surface area contributed by atoms with Crippen LogP contribution in [0.1, 0.15) is 37.6 Å². The third kappa shape index (κ3) is 2.97. The van der Waals surface area contributed by atoms with E-state index in [1.165, 1.54) is 0 Å². The topological polar surface area (TPSA) is 47.4 Å². The summed E-state index contributed by atoms with van der Waals surface area (Å²) in [5.41, 5.74) is 0.597. The van der Waals surface area contributed by atoms with E-state index >= 15 is 0 Å². The fraction of sp³-hybridized carbons (Fsp3) is 0.733. The van der Waals surface area contributed by atoms with Gasteiger partial charge in [0.2, 0.25) is 0 Å². The Morgan fingerprint density at radius 3 is 3.00 bits per heavy atom. The van der Waals surface area contributed by atoms with Gasteiger partial charge in [0.05, 0.1) is 23.9 Å². The van der Waals surface area contributed by atoms with Gasteiger partial charge < -0.3 is 9.64 Å². The number of thioether (sulfide) groups is 1. The van der Waals surface area contributed by atoms with Crippen molar-refractivity contribution < 1.29 is 9.53 Å². The second kappa shape index (κ2) is 5.65. The lowest BCUT2D eigenvalue weighted by Crippen LogP contribution is -2.54. The van der Waals surface area contributed by atoms with Gasteiger partial charge in [0.25, 0.3) is 5.91 Å². The fourth-order valence-corrected chi connectivity index (χ4v) is 4.21. The molecule has 2 unspecified atom stereocenters. The molecule has 116 valence electrons. The Morgan fingerprint density at radius 2 is 2.29 bits per heavy atom. The van der Waals surface area contributed by atoms with E-state index in [1.54, 1.807) is 6.20 Å². The summed E-state index contributed by atoms with van der Waals surface area (Å²) in [5, 5.41) is 4.77. The Bertz CT molecular complexity index is 521. The highest BCUT2D eigenvalue weighted by molar-refractivity contribution is 8.00. The van der Waals surface area contributed by atoms with E-state index in [0.717, 1.165) is 31.9 Å². The third-order valence-corrected chi connectivity index (χ3v) is 5.41. The number of carbonyl (C=O) groups is 1. The van der Waals surface area contributed by atoms with Crippen molar-refractivity contribution in [3.05, 3.63) is 18.0 Å². The number of hydrogen-bond acceptors (Lipinski definition) is 4. The molecule has 2 fully saturated rings. The molecule has 2 aliphatic heterocycles. The largest absolute Gasteiger partial charge is 0.380 e. The third-order valence-electron chi connectivity index (χ3n) is 4.11. The zero-order valence-electron chi connectivity index (χ0n) is 12.9. The number of amides is 1. The zero-order valence-corrected chi connectivity index (χ0v) is 13.7. The number of nitrogens with zero attached hydrogens (tertiary/aromatic N) is 3. The predicted octanol–water partition coefficient (Wildman–Crippen LogP) is 1.98. The van der Waals surface area contributed by atoms with Gasteiger partial charge >= 0.3 is 0 Å². The van der Waals surface area contributed by atoms with Crippen LogP contribution in [0.15, 0.2) is 12.4 Å². The average molecular weight is 309 g/mol. The molecule has 0 radical (unpaired) electrons. The van der Waals surface area contributed by atoms with Crippen LogP contribution >= 0.6 is 11.8 Å². The van der Waals surface area contributed by atoms with Crippen LogP contribution < -0.4 is 0 Å². The van der Waals surface area contributed by atoms with Gasteiger partial charge in [-0.3, -0.25) is 9.48 Å². The molecule has 1 aromatic heterocycles. The Hall–Kier alpha value is -1.01. The molecule has 3 rings (SSSR count). The number of ether oxygens (including phenoxy) is 1. The van der Waals surface area contributed by atoms with Gasteiger partial charge in [0, 0.05) is 36.4 Å². The second-order valence-electron chi connectivity index (χ2n) is 6.68. The van der Waals surface area contributed by atoms with Gasteiger partial charge in [-0.25, -0.2) is 0 Å². The Balaban J connectivity index is 1.79. The zero-order chi connectivity index (χ0) is 15.0. The first kappa shape index (κ1) is 14.9. The van der Waals surface area contributed by atoms with E-state index in [1.807, 2.05) is 27.5 Å². The normalized spacial score (nSPS) is 26.5. The minimum atomic E-state index is -0.0997. The van der Waals surface area contributed by atoms with Crippen molar-refractivity contribution in [1.82, 2.24) is 14.7 Å². The molecule has 5 nitrogen and oxygen atoms in total. The molecule has 0 saturated carbocycles. The minimum Gasteiger partial charge on any atom is -0.380 e. The van der Waals surface area contributed by atoms with Crippen molar-refractivity contribution in [2.75, 3.05) is 25.5 Å². The summed E-state index contributed by atoms with van der Waals surface area (Å²) < 4.78 is 7.41. The van der Waals surface area contributed by atoms with Crippen LogP contribution in [-0.4, -0.2) is 57.4 Å². The van der Waals surface area contributed by atoms with Gasteiger partial charge in [-0.15, -0.1) is 0 Å². The minimum absolute atomic E-state index is 0.0997. The highest BCUT2D eigenvalue weighted by atomic mass is 32.2. The maximum Gasteiger partial charge on any atom is 0.257 e. The van der Waals surface area contributed by atoms with Crippen LogP contribution in [0.3, 0.4) is 0 Å². The van der Waals surface area contributed by atoms with Crippen molar-refractivity contribution in [2.24, 2.45) is 0 Å².